The summed E-state index contributed by atoms with van der Waals surface area (Å²) in [7, 11) is 0. The average molecular weight is 270 g/mol. The summed E-state index contributed by atoms with van der Waals surface area (Å²) in [6, 6.07) is 17.8. The lowest BCUT2D eigenvalue weighted by Crippen LogP contribution is -2.06. The number of hydrogen-bond acceptors (Lipinski definition) is 3. The Morgan fingerprint density at radius 3 is 2.67 bits per heavy atom. The topological polar surface area (TPSA) is 61.1 Å². The maximum atomic E-state index is 8.79. The Bertz CT molecular complexity index is 912. The van der Waals surface area contributed by atoms with Crippen LogP contribution in [-0.2, 0) is 0 Å². The molecule has 0 saturated heterocycles. The van der Waals surface area contributed by atoms with Crippen LogP contribution >= 0.6 is 0 Å². The van der Waals surface area contributed by atoms with Gasteiger partial charge in [-0.05, 0) is 23.6 Å². The van der Waals surface area contributed by atoms with Crippen molar-refractivity contribution in [3.05, 3.63) is 65.9 Å². The van der Waals surface area contributed by atoms with Gasteiger partial charge in [0.2, 0.25) is 0 Å². The highest BCUT2D eigenvalue weighted by atomic mass is 15.1. The molecule has 4 nitrogen and oxygen atoms in total. The first-order chi connectivity index (χ1) is 10.3. The van der Waals surface area contributed by atoms with Gasteiger partial charge < -0.3 is 5.32 Å². The molecule has 0 radical (unpaired) electrons. The van der Waals surface area contributed by atoms with Gasteiger partial charge in [-0.2, -0.15) is 5.26 Å². The second-order valence-electron chi connectivity index (χ2n) is 4.81. The summed E-state index contributed by atoms with van der Waals surface area (Å²) in [6.07, 6.45) is 1.53. The summed E-state index contributed by atoms with van der Waals surface area (Å²) in [5.74, 6) is 1.38. The second-order valence-corrected chi connectivity index (χ2v) is 4.81. The molecule has 1 aromatic heterocycles. The van der Waals surface area contributed by atoms with E-state index in [-0.39, 0.29) is 0 Å². The zero-order valence-electron chi connectivity index (χ0n) is 11.0. The highest BCUT2D eigenvalue weighted by Crippen LogP contribution is 2.33. The van der Waals surface area contributed by atoms with Crippen molar-refractivity contribution in [3.63, 3.8) is 0 Å². The van der Waals surface area contributed by atoms with Gasteiger partial charge in [-0.1, -0.05) is 30.3 Å². The Morgan fingerprint density at radius 2 is 1.90 bits per heavy atom. The van der Waals surface area contributed by atoms with Crippen molar-refractivity contribution in [3.8, 4) is 6.07 Å². The molecule has 21 heavy (non-hydrogen) atoms. The third-order valence-electron chi connectivity index (χ3n) is 3.52. The van der Waals surface area contributed by atoms with Gasteiger partial charge in [0.05, 0.1) is 5.56 Å². The molecule has 2 aromatic carbocycles. The van der Waals surface area contributed by atoms with Crippen molar-refractivity contribution in [1.82, 2.24) is 4.98 Å². The van der Waals surface area contributed by atoms with E-state index >= 15 is 0 Å². The quantitative estimate of drug-likeness (QED) is 0.734. The van der Waals surface area contributed by atoms with Crippen LogP contribution in [-0.4, -0.2) is 10.8 Å². The molecule has 1 aliphatic rings. The smallest absolute Gasteiger partial charge is 0.154 e. The molecule has 1 aliphatic heterocycles. The third kappa shape index (κ3) is 1.84. The number of nitrogens with one attached hydrogen (secondary N) is 1. The molecule has 0 spiro atoms. The molecule has 0 fully saturated rings. The molecule has 4 heteroatoms. The molecule has 0 atom stereocenters. The van der Waals surface area contributed by atoms with Crippen LogP contribution in [0, 0.1) is 11.3 Å². The van der Waals surface area contributed by atoms with Crippen LogP contribution in [0.1, 0.15) is 11.1 Å². The molecule has 0 saturated carbocycles. The van der Waals surface area contributed by atoms with Crippen LogP contribution in [0.15, 0.2) is 59.7 Å². The number of rotatable bonds is 1. The number of amidine groups is 1. The number of nitriles is 1. The predicted octanol–water partition coefficient (Wildman–Crippen LogP) is 3.61. The zero-order chi connectivity index (χ0) is 14.2. The van der Waals surface area contributed by atoms with E-state index in [1.807, 2.05) is 24.3 Å². The molecular formula is C17H10N4. The summed E-state index contributed by atoms with van der Waals surface area (Å²) < 4.78 is 0. The third-order valence-corrected chi connectivity index (χ3v) is 3.52. The van der Waals surface area contributed by atoms with Crippen molar-refractivity contribution in [2.45, 2.75) is 0 Å². The minimum absolute atomic E-state index is 0.531. The van der Waals surface area contributed by atoms with Crippen LogP contribution in [0.3, 0.4) is 0 Å². The van der Waals surface area contributed by atoms with Gasteiger partial charge in [0.15, 0.2) is 5.82 Å². The van der Waals surface area contributed by atoms with E-state index in [4.69, 9.17) is 5.26 Å². The van der Waals surface area contributed by atoms with Gasteiger partial charge >= 0.3 is 0 Å². The molecule has 98 valence electrons. The first-order valence-corrected chi connectivity index (χ1v) is 6.59. The molecule has 1 N–H and O–H groups in total. The molecule has 2 heterocycles. The minimum Gasteiger partial charge on any atom is -0.339 e. The largest absolute Gasteiger partial charge is 0.339 e. The molecule has 3 aromatic rings. The van der Waals surface area contributed by atoms with Crippen molar-refractivity contribution in [2.24, 2.45) is 4.99 Å². The minimum atomic E-state index is 0.531. The number of aromatic nitrogens is 1. The maximum absolute atomic E-state index is 8.79. The molecule has 4 rings (SSSR count). The van der Waals surface area contributed by atoms with E-state index in [9.17, 15) is 0 Å². The fourth-order valence-corrected chi connectivity index (χ4v) is 2.56. The number of aliphatic imine (C=N–C) groups is 1. The Balaban J connectivity index is 1.84. The van der Waals surface area contributed by atoms with Gasteiger partial charge in [0.1, 0.15) is 11.9 Å². The fraction of sp³-hybridized carbons (Fsp3) is 0. The van der Waals surface area contributed by atoms with Gasteiger partial charge in [-0.25, -0.2) is 9.98 Å². The Kier molecular flexibility index (Phi) is 2.45. The number of nitrogens with zero attached hydrogens (tertiary/aromatic N) is 3. The lowest BCUT2D eigenvalue weighted by Gasteiger charge is -2.00. The number of hydrogen-bond donors (Lipinski definition) is 1. The van der Waals surface area contributed by atoms with E-state index in [0.29, 0.717) is 11.4 Å². The van der Waals surface area contributed by atoms with E-state index in [2.05, 4.69) is 33.5 Å². The molecular weight excluding hydrogens is 260 g/mol. The van der Waals surface area contributed by atoms with E-state index in [1.54, 1.807) is 12.1 Å². The van der Waals surface area contributed by atoms with Gasteiger partial charge in [0.25, 0.3) is 0 Å². The van der Waals surface area contributed by atoms with E-state index in [0.717, 1.165) is 17.1 Å². The first-order valence-electron chi connectivity index (χ1n) is 6.59. The molecule has 0 aliphatic carbocycles. The van der Waals surface area contributed by atoms with Gasteiger partial charge in [-0.15, -0.1) is 0 Å². The average Bonchev–Trinajstić information content (AvgIpc) is 2.89. The van der Waals surface area contributed by atoms with Crippen molar-refractivity contribution >= 4 is 28.1 Å². The van der Waals surface area contributed by atoms with Gasteiger partial charge in [-0.3, -0.25) is 0 Å². The molecule has 0 amide bonds. The standard InChI is InChI=1S/C17H10N4/c18-9-11-7-8-15(19-10-11)21-17-13-5-1-3-12-4-2-6-14(20-17)16(12)13/h1-8,10H,(H,19,20,21). The number of pyridine rings is 1. The lowest BCUT2D eigenvalue weighted by atomic mass is 10.1. The first kappa shape index (κ1) is 11.6. The highest BCUT2D eigenvalue weighted by Gasteiger charge is 2.19. The van der Waals surface area contributed by atoms with Crippen molar-refractivity contribution < 1.29 is 0 Å². The van der Waals surface area contributed by atoms with Crippen molar-refractivity contribution in [1.29, 1.82) is 5.26 Å². The summed E-state index contributed by atoms with van der Waals surface area (Å²) in [6.45, 7) is 0. The van der Waals surface area contributed by atoms with E-state index in [1.165, 1.54) is 17.0 Å². The van der Waals surface area contributed by atoms with Crippen LogP contribution in [0.2, 0.25) is 0 Å². The Morgan fingerprint density at radius 1 is 1.05 bits per heavy atom. The van der Waals surface area contributed by atoms with Crippen molar-refractivity contribution in [2.75, 3.05) is 5.32 Å². The van der Waals surface area contributed by atoms with Crippen LogP contribution in [0.5, 0.6) is 0 Å². The van der Waals surface area contributed by atoms with Crippen LogP contribution in [0.25, 0.3) is 10.8 Å². The monoisotopic (exact) mass is 270 g/mol. The molecule has 0 bridgehead atoms. The summed E-state index contributed by atoms with van der Waals surface area (Å²) in [5, 5.41) is 14.5. The molecule has 0 unspecified atom stereocenters. The maximum Gasteiger partial charge on any atom is 0.154 e. The van der Waals surface area contributed by atoms with E-state index < -0.39 is 0 Å². The summed E-state index contributed by atoms with van der Waals surface area (Å²) in [4.78, 5) is 8.75. The van der Waals surface area contributed by atoms with Crippen LogP contribution < -0.4 is 5.32 Å². The number of anilines is 1. The van der Waals surface area contributed by atoms with Crippen LogP contribution in [0.4, 0.5) is 11.5 Å². The lowest BCUT2D eigenvalue weighted by molar-refractivity contribution is 1.25. The second kappa shape index (κ2) is 4.43. The Hall–Kier alpha value is -3.19. The normalized spacial score (nSPS) is 14.1. The zero-order valence-corrected chi connectivity index (χ0v) is 11.0. The predicted molar refractivity (Wildman–Crippen MR) is 82.7 cm³/mol. The summed E-state index contributed by atoms with van der Waals surface area (Å²) in [5.41, 5.74) is 2.67. The highest BCUT2D eigenvalue weighted by molar-refractivity contribution is 6.26. The number of benzene rings is 2. The summed E-state index contributed by atoms with van der Waals surface area (Å²) >= 11 is 0. The van der Waals surface area contributed by atoms with Gasteiger partial charge in [0, 0.05) is 22.8 Å². The Labute approximate surface area is 121 Å². The SMILES string of the molecule is N#Cc1ccc(N=C2Nc3cccc4cccc2c34)nc1. The fourth-order valence-electron chi connectivity index (χ4n) is 2.56.